The molecule has 0 spiro atoms. The van der Waals surface area contributed by atoms with Crippen LogP contribution >= 0.6 is 0 Å². The fourth-order valence-electron chi connectivity index (χ4n) is 2.38. The van der Waals surface area contributed by atoms with Crippen molar-refractivity contribution in [3.63, 3.8) is 0 Å². The van der Waals surface area contributed by atoms with E-state index in [4.69, 9.17) is 9.47 Å². The lowest BCUT2D eigenvalue weighted by Gasteiger charge is -2.41. The van der Waals surface area contributed by atoms with E-state index in [0.717, 1.165) is 0 Å². The Morgan fingerprint density at radius 1 is 1.26 bits per heavy atom. The first-order chi connectivity index (χ1) is 10.9. The van der Waals surface area contributed by atoms with Gasteiger partial charge in [0, 0.05) is 6.92 Å². The maximum absolute atomic E-state index is 12.2. The quantitative estimate of drug-likeness (QED) is 0.512. The van der Waals surface area contributed by atoms with Gasteiger partial charge < -0.3 is 30.1 Å². The summed E-state index contributed by atoms with van der Waals surface area (Å²) in [4.78, 5) is 23.4. The molecule has 0 unspecified atom stereocenters. The fraction of sp³-hybridized carbons (Fsp3) is 0.467. The Kier molecular flexibility index (Phi) is 5.67. The fourth-order valence-corrected chi connectivity index (χ4v) is 2.38. The van der Waals surface area contributed by atoms with Crippen molar-refractivity contribution in [1.29, 1.82) is 0 Å². The number of aliphatic hydroxyl groups is 3. The molecule has 1 fully saturated rings. The van der Waals surface area contributed by atoms with Crippen LogP contribution in [0.15, 0.2) is 30.3 Å². The van der Waals surface area contributed by atoms with Crippen molar-refractivity contribution in [3.05, 3.63) is 35.9 Å². The second-order valence-corrected chi connectivity index (χ2v) is 5.20. The van der Waals surface area contributed by atoms with E-state index < -0.39 is 49.1 Å². The van der Waals surface area contributed by atoms with Crippen molar-refractivity contribution in [2.45, 2.75) is 37.6 Å². The van der Waals surface area contributed by atoms with Gasteiger partial charge in [0.1, 0.15) is 18.2 Å². The molecule has 1 aromatic carbocycles. The van der Waals surface area contributed by atoms with Crippen LogP contribution in [0.4, 0.5) is 0 Å². The van der Waals surface area contributed by atoms with Gasteiger partial charge in [-0.3, -0.25) is 4.79 Å². The zero-order chi connectivity index (χ0) is 17.0. The highest BCUT2D eigenvalue weighted by Gasteiger charge is 2.47. The van der Waals surface area contributed by atoms with Crippen LogP contribution < -0.4 is 5.32 Å². The number of hydrogen-bond acceptors (Lipinski definition) is 7. The summed E-state index contributed by atoms with van der Waals surface area (Å²) in [6.07, 6.45) is -5.35. The van der Waals surface area contributed by atoms with Crippen LogP contribution in [0.3, 0.4) is 0 Å². The first kappa shape index (κ1) is 17.4. The van der Waals surface area contributed by atoms with Gasteiger partial charge >= 0.3 is 5.97 Å². The molecule has 1 heterocycles. The Hall–Kier alpha value is -2.00. The van der Waals surface area contributed by atoms with Gasteiger partial charge in [-0.25, -0.2) is 4.79 Å². The number of amides is 1. The van der Waals surface area contributed by atoms with Crippen LogP contribution in [0, 0.1) is 0 Å². The molecule has 5 atom stereocenters. The van der Waals surface area contributed by atoms with Gasteiger partial charge in [0.2, 0.25) is 5.91 Å². The van der Waals surface area contributed by atoms with Crippen molar-refractivity contribution in [2.75, 3.05) is 6.61 Å². The Bertz CT molecular complexity index is 550. The predicted octanol–water partition coefficient (Wildman–Crippen LogP) is -1.21. The average Bonchev–Trinajstić information content (AvgIpc) is 2.54. The lowest BCUT2D eigenvalue weighted by Crippen LogP contribution is -2.65. The summed E-state index contributed by atoms with van der Waals surface area (Å²) in [6, 6.07) is 6.92. The van der Waals surface area contributed by atoms with E-state index in [2.05, 4.69) is 5.32 Å². The topological polar surface area (TPSA) is 125 Å². The molecule has 0 bridgehead atoms. The SMILES string of the molecule is CC(=O)N[C@@H]1[C@@H](OC(=O)c2ccccc2)[C@H](O)[C@H](CO)O[C@H]1O. The molecule has 8 heteroatoms. The molecule has 0 radical (unpaired) electrons. The smallest absolute Gasteiger partial charge is 0.338 e. The van der Waals surface area contributed by atoms with Gasteiger partial charge in [-0.05, 0) is 12.1 Å². The normalized spacial score (nSPS) is 30.5. The molecule has 126 valence electrons. The summed E-state index contributed by atoms with van der Waals surface area (Å²) in [6.45, 7) is 0.637. The van der Waals surface area contributed by atoms with Crippen LogP contribution in [-0.4, -0.2) is 64.4 Å². The van der Waals surface area contributed by atoms with Gasteiger partial charge in [0.15, 0.2) is 12.4 Å². The second-order valence-electron chi connectivity index (χ2n) is 5.20. The third-order valence-corrected chi connectivity index (χ3v) is 3.50. The third-order valence-electron chi connectivity index (χ3n) is 3.50. The van der Waals surface area contributed by atoms with Crippen LogP contribution in [0.5, 0.6) is 0 Å². The summed E-state index contributed by atoms with van der Waals surface area (Å²) in [5.74, 6) is -1.22. The molecule has 8 nitrogen and oxygen atoms in total. The number of hydrogen-bond donors (Lipinski definition) is 4. The van der Waals surface area contributed by atoms with Crippen molar-refractivity contribution in [1.82, 2.24) is 5.32 Å². The van der Waals surface area contributed by atoms with E-state index in [9.17, 15) is 24.9 Å². The maximum Gasteiger partial charge on any atom is 0.338 e. The summed E-state index contributed by atoms with van der Waals surface area (Å²) in [5, 5.41) is 31.7. The molecule has 1 aliphatic heterocycles. The molecule has 1 aromatic rings. The minimum atomic E-state index is -1.53. The number of nitrogens with one attached hydrogen (secondary N) is 1. The number of rotatable bonds is 4. The molecule has 0 aromatic heterocycles. The van der Waals surface area contributed by atoms with Gasteiger partial charge in [-0.2, -0.15) is 0 Å². The number of ether oxygens (including phenoxy) is 2. The Labute approximate surface area is 132 Å². The van der Waals surface area contributed by atoms with E-state index >= 15 is 0 Å². The lowest BCUT2D eigenvalue weighted by atomic mass is 9.96. The summed E-state index contributed by atoms with van der Waals surface area (Å²) in [5.41, 5.74) is 0.253. The number of aliphatic hydroxyl groups excluding tert-OH is 3. The summed E-state index contributed by atoms with van der Waals surface area (Å²) in [7, 11) is 0. The largest absolute Gasteiger partial charge is 0.453 e. The van der Waals surface area contributed by atoms with E-state index in [1.807, 2.05) is 0 Å². The molecule has 4 N–H and O–H groups in total. The molecule has 0 saturated carbocycles. The van der Waals surface area contributed by atoms with Gasteiger partial charge in [-0.1, -0.05) is 18.2 Å². The van der Waals surface area contributed by atoms with Crippen molar-refractivity contribution < 1.29 is 34.4 Å². The molecular formula is C15H19NO7. The summed E-state index contributed by atoms with van der Waals surface area (Å²) < 4.78 is 10.3. The monoisotopic (exact) mass is 325 g/mol. The van der Waals surface area contributed by atoms with Crippen LogP contribution in [0.2, 0.25) is 0 Å². The van der Waals surface area contributed by atoms with Crippen molar-refractivity contribution in [2.24, 2.45) is 0 Å². The minimum Gasteiger partial charge on any atom is -0.453 e. The molecule has 1 aliphatic rings. The molecule has 1 amide bonds. The number of benzene rings is 1. The van der Waals surface area contributed by atoms with E-state index in [1.165, 1.54) is 19.1 Å². The first-order valence-electron chi connectivity index (χ1n) is 7.09. The molecule has 0 aliphatic carbocycles. The highest BCUT2D eigenvalue weighted by molar-refractivity contribution is 5.89. The minimum absolute atomic E-state index is 0.253. The Balaban J connectivity index is 2.21. The van der Waals surface area contributed by atoms with Crippen LogP contribution in [-0.2, 0) is 14.3 Å². The Morgan fingerprint density at radius 3 is 2.48 bits per heavy atom. The molecule has 1 saturated heterocycles. The van der Waals surface area contributed by atoms with Gasteiger partial charge in [0.05, 0.1) is 12.2 Å². The average molecular weight is 325 g/mol. The zero-order valence-corrected chi connectivity index (χ0v) is 12.5. The van der Waals surface area contributed by atoms with Crippen molar-refractivity contribution in [3.8, 4) is 0 Å². The zero-order valence-electron chi connectivity index (χ0n) is 12.5. The van der Waals surface area contributed by atoms with Crippen molar-refractivity contribution >= 4 is 11.9 Å². The molecule has 2 rings (SSSR count). The standard InChI is InChI=1S/C15H19NO7/c1-8(18)16-11-13(12(19)10(7-17)22-15(11)21)23-14(20)9-5-3-2-4-6-9/h2-6,10-13,15,17,19,21H,7H2,1H3,(H,16,18)/t10-,11+,12+,13+,15+/m0/s1. The third kappa shape index (κ3) is 4.05. The maximum atomic E-state index is 12.2. The number of carbonyl (C=O) groups is 2. The molecule has 23 heavy (non-hydrogen) atoms. The highest BCUT2D eigenvalue weighted by Crippen LogP contribution is 2.23. The predicted molar refractivity (Wildman–Crippen MR) is 77.2 cm³/mol. The van der Waals surface area contributed by atoms with Gasteiger partial charge in [0.25, 0.3) is 0 Å². The first-order valence-corrected chi connectivity index (χ1v) is 7.09. The van der Waals surface area contributed by atoms with Crippen LogP contribution in [0.1, 0.15) is 17.3 Å². The molecular weight excluding hydrogens is 306 g/mol. The number of carbonyl (C=O) groups excluding carboxylic acids is 2. The lowest BCUT2D eigenvalue weighted by molar-refractivity contribution is -0.253. The van der Waals surface area contributed by atoms with E-state index in [1.54, 1.807) is 18.2 Å². The van der Waals surface area contributed by atoms with E-state index in [-0.39, 0.29) is 5.56 Å². The Morgan fingerprint density at radius 2 is 1.91 bits per heavy atom. The van der Waals surface area contributed by atoms with Gasteiger partial charge in [-0.15, -0.1) is 0 Å². The summed E-state index contributed by atoms with van der Waals surface area (Å²) >= 11 is 0. The van der Waals surface area contributed by atoms with E-state index in [0.29, 0.717) is 0 Å². The highest BCUT2D eigenvalue weighted by atomic mass is 16.6. The second kappa shape index (κ2) is 7.51. The van der Waals surface area contributed by atoms with Crippen LogP contribution in [0.25, 0.3) is 0 Å². The number of esters is 1.